The number of thioether (sulfide) groups is 1. The minimum absolute atomic E-state index is 0.189. The minimum Gasteiger partial charge on any atom is -0.332 e. The molecule has 0 saturated heterocycles. The van der Waals surface area contributed by atoms with E-state index in [2.05, 4.69) is 26.8 Å². The number of rotatable bonds is 4. The van der Waals surface area contributed by atoms with E-state index >= 15 is 0 Å². The highest BCUT2D eigenvalue weighted by Crippen LogP contribution is 2.38. The van der Waals surface area contributed by atoms with Crippen molar-refractivity contribution >= 4 is 51.7 Å². The highest BCUT2D eigenvalue weighted by Gasteiger charge is 2.27. The zero-order valence-corrected chi connectivity index (χ0v) is 17.5. The van der Waals surface area contributed by atoms with E-state index in [-0.39, 0.29) is 6.04 Å². The van der Waals surface area contributed by atoms with E-state index in [1.807, 2.05) is 71.8 Å². The Morgan fingerprint density at radius 1 is 1.07 bits per heavy atom. The Morgan fingerprint density at radius 2 is 1.93 bits per heavy atom. The van der Waals surface area contributed by atoms with E-state index in [0.717, 1.165) is 34.1 Å². The molecule has 0 fully saturated rings. The smallest absolute Gasteiger partial charge is 0.175 e. The first kappa shape index (κ1) is 18.8. The SMILES string of the molecule is S=C(Nc1ccc(-n2cccn2)cc1)Nc1ccccc1C1=NC2CC=NC=C2S1. The summed E-state index contributed by atoms with van der Waals surface area (Å²) in [5.74, 6) is 0. The molecular weight excluding hydrogens is 412 g/mol. The lowest BCUT2D eigenvalue weighted by Crippen LogP contribution is -2.20. The van der Waals surface area contributed by atoms with Gasteiger partial charge in [-0.2, -0.15) is 5.10 Å². The second kappa shape index (κ2) is 8.25. The fraction of sp³-hybridized carbons (Fsp3) is 0.0909. The molecular formula is C22H18N6S2. The number of hydrogen-bond donors (Lipinski definition) is 2. The number of aliphatic imine (C=N–C) groups is 2. The Bertz CT molecular complexity index is 1160. The molecule has 1 unspecified atom stereocenters. The van der Waals surface area contributed by atoms with Gasteiger partial charge >= 0.3 is 0 Å². The summed E-state index contributed by atoms with van der Waals surface area (Å²) in [4.78, 5) is 10.3. The first-order valence-electron chi connectivity index (χ1n) is 9.51. The molecule has 5 rings (SSSR count). The van der Waals surface area contributed by atoms with E-state index in [0.29, 0.717) is 5.11 Å². The van der Waals surface area contributed by atoms with Gasteiger partial charge in [-0.3, -0.25) is 9.98 Å². The number of hydrogen-bond acceptors (Lipinski definition) is 5. The van der Waals surface area contributed by atoms with Crippen molar-refractivity contribution in [2.24, 2.45) is 9.98 Å². The van der Waals surface area contributed by atoms with Crippen molar-refractivity contribution in [1.82, 2.24) is 9.78 Å². The number of para-hydroxylation sites is 1. The average molecular weight is 431 g/mol. The van der Waals surface area contributed by atoms with Crippen molar-refractivity contribution in [2.45, 2.75) is 12.5 Å². The van der Waals surface area contributed by atoms with Crippen molar-refractivity contribution in [3.8, 4) is 5.69 Å². The van der Waals surface area contributed by atoms with E-state index in [4.69, 9.17) is 17.2 Å². The minimum atomic E-state index is 0.189. The van der Waals surface area contributed by atoms with Gasteiger partial charge in [0, 0.05) is 47.4 Å². The molecule has 2 aromatic carbocycles. The average Bonchev–Trinajstić information content (AvgIpc) is 3.45. The molecule has 0 saturated carbocycles. The molecule has 8 heteroatoms. The Hall–Kier alpha value is -3.23. The Morgan fingerprint density at radius 3 is 2.73 bits per heavy atom. The quantitative estimate of drug-likeness (QED) is 0.579. The largest absolute Gasteiger partial charge is 0.332 e. The first-order chi connectivity index (χ1) is 14.8. The summed E-state index contributed by atoms with van der Waals surface area (Å²) in [5, 5.41) is 12.3. The van der Waals surface area contributed by atoms with Crippen LogP contribution in [0.15, 0.2) is 88.1 Å². The first-order valence-corrected chi connectivity index (χ1v) is 10.7. The molecule has 30 heavy (non-hydrogen) atoms. The number of nitrogens with one attached hydrogen (secondary N) is 2. The molecule has 0 radical (unpaired) electrons. The number of nitrogens with zero attached hydrogens (tertiary/aromatic N) is 4. The van der Waals surface area contributed by atoms with Crippen LogP contribution in [0.3, 0.4) is 0 Å². The monoisotopic (exact) mass is 430 g/mol. The van der Waals surface area contributed by atoms with E-state index in [1.54, 1.807) is 18.0 Å². The van der Waals surface area contributed by atoms with Crippen LogP contribution >= 0.6 is 24.0 Å². The maximum atomic E-state index is 5.55. The van der Waals surface area contributed by atoms with Crippen LogP contribution in [0, 0.1) is 0 Å². The molecule has 1 aromatic heterocycles. The van der Waals surface area contributed by atoms with Crippen LogP contribution in [0.4, 0.5) is 11.4 Å². The van der Waals surface area contributed by atoms with Gasteiger partial charge in [-0.25, -0.2) is 4.68 Å². The van der Waals surface area contributed by atoms with Gasteiger partial charge in [0.15, 0.2) is 5.11 Å². The maximum Gasteiger partial charge on any atom is 0.175 e. The van der Waals surface area contributed by atoms with Gasteiger partial charge in [0.25, 0.3) is 0 Å². The van der Waals surface area contributed by atoms with Crippen LogP contribution in [0.25, 0.3) is 5.69 Å². The lowest BCUT2D eigenvalue weighted by molar-refractivity contribution is 0.856. The molecule has 1 atom stereocenters. The standard InChI is InChI=1S/C22H18N6S2/c29-22(25-15-6-8-16(9-7-15)28-13-3-11-24-28)27-18-5-2-1-4-17(18)21-26-19-10-12-23-14-20(19)30-21/h1-9,11-14,19H,10H2,(H2,25,27,29). The number of fused-ring (bicyclic) bond motifs is 1. The van der Waals surface area contributed by atoms with Gasteiger partial charge in [-0.05, 0) is 48.6 Å². The van der Waals surface area contributed by atoms with Crippen LogP contribution in [0.5, 0.6) is 0 Å². The number of aromatic nitrogens is 2. The summed E-state index contributed by atoms with van der Waals surface area (Å²) in [6.07, 6.45) is 8.35. The third-order valence-electron chi connectivity index (χ3n) is 4.75. The molecule has 2 N–H and O–H groups in total. The molecule has 2 aliphatic rings. The molecule has 0 aliphatic carbocycles. The Balaban J connectivity index is 1.29. The molecule has 0 spiro atoms. The third kappa shape index (κ3) is 3.92. The second-order valence-corrected chi connectivity index (χ2v) is 8.24. The lowest BCUT2D eigenvalue weighted by atomic mass is 10.1. The second-order valence-electron chi connectivity index (χ2n) is 6.77. The van der Waals surface area contributed by atoms with Crippen molar-refractivity contribution in [3.63, 3.8) is 0 Å². The third-order valence-corrected chi connectivity index (χ3v) is 6.09. The molecule has 0 bridgehead atoms. The number of anilines is 2. The van der Waals surface area contributed by atoms with Crippen LogP contribution < -0.4 is 10.6 Å². The topological polar surface area (TPSA) is 66.6 Å². The molecule has 0 amide bonds. The zero-order valence-electron chi connectivity index (χ0n) is 15.9. The summed E-state index contributed by atoms with van der Waals surface area (Å²) in [6, 6.07) is 18.1. The van der Waals surface area contributed by atoms with E-state index < -0.39 is 0 Å². The van der Waals surface area contributed by atoms with E-state index in [1.165, 1.54) is 4.91 Å². The van der Waals surface area contributed by atoms with Gasteiger partial charge in [-0.1, -0.05) is 30.0 Å². The van der Waals surface area contributed by atoms with Crippen molar-refractivity contribution < 1.29 is 0 Å². The maximum absolute atomic E-state index is 5.55. The fourth-order valence-electron chi connectivity index (χ4n) is 3.29. The van der Waals surface area contributed by atoms with Crippen LogP contribution in [0.1, 0.15) is 12.0 Å². The summed E-state index contributed by atoms with van der Waals surface area (Å²) >= 11 is 7.23. The van der Waals surface area contributed by atoms with Crippen LogP contribution in [0.2, 0.25) is 0 Å². The van der Waals surface area contributed by atoms with Gasteiger partial charge in [0.1, 0.15) is 5.04 Å². The highest BCUT2D eigenvalue weighted by molar-refractivity contribution is 8.18. The normalized spacial score (nSPS) is 17.1. The predicted molar refractivity (Wildman–Crippen MR) is 129 cm³/mol. The van der Waals surface area contributed by atoms with Gasteiger partial charge < -0.3 is 10.6 Å². The zero-order chi connectivity index (χ0) is 20.3. The van der Waals surface area contributed by atoms with Crippen LogP contribution in [-0.4, -0.2) is 32.2 Å². The Kier molecular flexibility index (Phi) is 5.17. The molecule has 2 aliphatic heterocycles. The van der Waals surface area contributed by atoms with E-state index in [9.17, 15) is 0 Å². The van der Waals surface area contributed by atoms with Gasteiger partial charge in [0.2, 0.25) is 0 Å². The Labute approximate surface area is 183 Å². The number of benzene rings is 2. The van der Waals surface area contributed by atoms with Gasteiger partial charge in [0.05, 0.1) is 17.4 Å². The fourth-order valence-corrected chi connectivity index (χ4v) is 4.60. The van der Waals surface area contributed by atoms with Crippen molar-refractivity contribution in [2.75, 3.05) is 10.6 Å². The molecule has 3 aromatic rings. The summed E-state index contributed by atoms with van der Waals surface area (Å²) in [7, 11) is 0. The predicted octanol–water partition coefficient (Wildman–Crippen LogP) is 4.86. The lowest BCUT2D eigenvalue weighted by Gasteiger charge is -2.14. The van der Waals surface area contributed by atoms with Crippen LogP contribution in [-0.2, 0) is 0 Å². The molecule has 6 nitrogen and oxygen atoms in total. The van der Waals surface area contributed by atoms with Gasteiger partial charge in [-0.15, -0.1) is 0 Å². The van der Waals surface area contributed by atoms with Crippen molar-refractivity contribution in [1.29, 1.82) is 0 Å². The summed E-state index contributed by atoms with van der Waals surface area (Å²) < 4.78 is 1.81. The molecule has 148 valence electrons. The number of thiocarbonyl (C=S) groups is 1. The van der Waals surface area contributed by atoms with Crippen molar-refractivity contribution in [3.05, 3.63) is 83.7 Å². The summed E-state index contributed by atoms with van der Waals surface area (Å²) in [5.41, 5.74) is 3.86. The molecule has 3 heterocycles. The highest BCUT2D eigenvalue weighted by atomic mass is 32.2. The summed E-state index contributed by atoms with van der Waals surface area (Å²) in [6.45, 7) is 0.